The Morgan fingerprint density at radius 1 is 1.53 bits per heavy atom. The molecule has 2 aliphatic heterocycles. The third-order valence-corrected chi connectivity index (χ3v) is 3.28. The van der Waals surface area contributed by atoms with E-state index in [9.17, 15) is 24.2 Å². The first-order valence-electron chi connectivity index (χ1n) is 5.69. The summed E-state index contributed by atoms with van der Waals surface area (Å²) < 4.78 is 18.2. The van der Waals surface area contributed by atoms with Crippen LogP contribution in [0.4, 0.5) is 4.39 Å². The van der Waals surface area contributed by atoms with Gasteiger partial charge >= 0.3 is 0 Å². The molecular weight excluding hydrogens is 261 g/mol. The summed E-state index contributed by atoms with van der Waals surface area (Å²) in [6, 6.07) is 0. The number of hydrogen-bond donors (Lipinski definition) is 3. The highest BCUT2D eigenvalue weighted by atomic mass is 19.1. The number of allylic oxidation sites excluding steroid dienone is 1. The molecule has 0 spiro atoms. The molecule has 0 aromatic carbocycles. The molecule has 19 heavy (non-hydrogen) atoms. The molecule has 0 aromatic heterocycles. The van der Waals surface area contributed by atoms with Gasteiger partial charge in [-0.3, -0.25) is 14.5 Å². The molecule has 0 aliphatic carbocycles. The van der Waals surface area contributed by atoms with Crippen LogP contribution in [0.1, 0.15) is 6.42 Å². The Morgan fingerprint density at radius 2 is 2.21 bits per heavy atom. The molecule has 2 rings (SSSR count). The van der Waals surface area contributed by atoms with Crippen molar-refractivity contribution in [2.75, 3.05) is 13.3 Å². The molecule has 3 N–H and O–H groups in total. The molecule has 8 heteroatoms. The van der Waals surface area contributed by atoms with Gasteiger partial charge in [-0.05, 0) is 6.08 Å². The number of ketones is 1. The van der Waals surface area contributed by atoms with Gasteiger partial charge in [0.1, 0.15) is 18.9 Å². The molecule has 1 fully saturated rings. The highest BCUT2D eigenvalue weighted by Gasteiger charge is 2.58. The Kier molecular flexibility index (Phi) is 3.68. The lowest BCUT2D eigenvalue weighted by Gasteiger charge is -2.35. The number of hydrogen-bond acceptors (Lipinski definition) is 6. The summed E-state index contributed by atoms with van der Waals surface area (Å²) in [5.74, 6) is -1.09. The van der Waals surface area contributed by atoms with Crippen LogP contribution in [0.3, 0.4) is 0 Å². The van der Waals surface area contributed by atoms with Crippen LogP contribution in [0.2, 0.25) is 0 Å². The van der Waals surface area contributed by atoms with Gasteiger partial charge in [0, 0.05) is 6.20 Å². The minimum Gasteiger partial charge on any atom is -0.394 e. The molecule has 0 saturated carbocycles. The summed E-state index contributed by atoms with van der Waals surface area (Å²) in [5.41, 5.74) is -2.34. The van der Waals surface area contributed by atoms with Crippen LogP contribution in [0.5, 0.6) is 0 Å². The van der Waals surface area contributed by atoms with Crippen LogP contribution in [-0.4, -0.2) is 69.2 Å². The maximum atomic E-state index is 13.1. The topological polar surface area (TPSA) is 107 Å². The summed E-state index contributed by atoms with van der Waals surface area (Å²) >= 11 is 0. The molecule has 0 bridgehead atoms. The predicted octanol–water partition coefficient (Wildman–Crippen LogP) is -1.92. The van der Waals surface area contributed by atoms with E-state index in [2.05, 4.69) is 0 Å². The molecule has 0 radical (unpaired) electrons. The SMILES string of the molecule is O=C1C=CN([C@@H]2O[C@H](CO)[C@@H](O)[C@]2(O)CF)C(=O)C1. The predicted molar refractivity (Wildman–Crippen MR) is 58.3 cm³/mol. The van der Waals surface area contributed by atoms with Gasteiger partial charge in [0.2, 0.25) is 5.91 Å². The summed E-state index contributed by atoms with van der Waals surface area (Å²) in [7, 11) is 0. The number of carbonyl (C=O) groups is 2. The van der Waals surface area contributed by atoms with Gasteiger partial charge in [-0.25, -0.2) is 4.39 Å². The summed E-state index contributed by atoms with van der Waals surface area (Å²) in [5, 5.41) is 28.8. The zero-order chi connectivity index (χ0) is 14.2. The van der Waals surface area contributed by atoms with Crippen LogP contribution < -0.4 is 0 Å². The van der Waals surface area contributed by atoms with Crippen molar-refractivity contribution in [1.82, 2.24) is 4.90 Å². The molecule has 0 unspecified atom stereocenters. The molecule has 1 amide bonds. The number of ether oxygens (including phenoxy) is 1. The van der Waals surface area contributed by atoms with E-state index < -0.39 is 55.4 Å². The Balaban J connectivity index is 2.30. The fraction of sp³-hybridized carbons (Fsp3) is 0.636. The average molecular weight is 275 g/mol. The number of aliphatic hydroxyl groups is 3. The average Bonchev–Trinajstić information content (AvgIpc) is 2.63. The van der Waals surface area contributed by atoms with Gasteiger partial charge in [-0.2, -0.15) is 0 Å². The Morgan fingerprint density at radius 3 is 2.74 bits per heavy atom. The van der Waals surface area contributed by atoms with Gasteiger partial charge in [0.05, 0.1) is 13.0 Å². The number of carbonyl (C=O) groups excluding carboxylic acids is 2. The Bertz CT molecular complexity index is 427. The van der Waals surface area contributed by atoms with Crippen molar-refractivity contribution in [3.8, 4) is 0 Å². The second-order valence-corrected chi connectivity index (χ2v) is 4.54. The van der Waals surface area contributed by atoms with Gasteiger partial charge in [-0.15, -0.1) is 0 Å². The summed E-state index contributed by atoms with van der Waals surface area (Å²) in [4.78, 5) is 23.6. The van der Waals surface area contributed by atoms with Crippen LogP contribution in [0.15, 0.2) is 12.3 Å². The third-order valence-electron chi connectivity index (χ3n) is 3.28. The lowest BCUT2D eigenvalue weighted by Crippen LogP contribution is -2.57. The maximum absolute atomic E-state index is 13.1. The second-order valence-electron chi connectivity index (χ2n) is 4.54. The van der Waals surface area contributed by atoms with E-state index in [0.717, 1.165) is 17.2 Å². The number of amides is 1. The second kappa shape index (κ2) is 4.97. The quantitative estimate of drug-likeness (QED) is 0.518. The van der Waals surface area contributed by atoms with Crippen LogP contribution in [0.25, 0.3) is 0 Å². The van der Waals surface area contributed by atoms with Gasteiger partial charge < -0.3 is 20.1 Å². The lowest BCUT2D eigenvalue weighted by atomic mass is 9.94. The van der Waals surface area contributed by atoms with E-state index in [1.807, 2.05) is 0 Å². The van der Waals surface area contributed by atoms with Crippen molar-refractivity contribution in [3.63, 3.8) is 0 Å². The van der Waals surface area contributed by atoms with E-state index in [0.29, 0.717) is 0 Å². The molecule has 4 atom stereocenters. The van der Waals surface area contributed by atoms with Crippen molar-refractivity contribution in [2.24, 2.45) is 0 Å². The highest BCUT2D eigenvalue weighted by Crippen LogP contribution is 2.35. The van der Waals surface area contributed by atoms with Crippen molar-refractivity contribution in [2.45, 2.75) is 30.5 Å². The molecule has 1 saturated heterocycles. The smallest absolute Gasteiger partial charge is 0.236 e. The van der Waals surface area contributed by atoms with Gasteiger partial charge in [-0.1, -0.05) is 0 Å². The van der Waals surface area contributed by atoms with Gasteiger partial charge in [0.25, 0.3) is 0 Å². The first-order chi connectivity index (χ1) is 8.93. The molecule has 7 nitrogen and oxygen atoms in total. The number of aliphatic hydroxyl groups excluding tert-OH is 2. The van der Waals surface area contributed by atoms with Crippen LogP contribution >= 0.6 is 0 Å². The molecular formula is C11H14FNO6. The minimum absolute atomic E-state index is 0.415. The van der Waals surface area contributed by atoms with Crippen molar-refractivity contribution in [1.29, 1.82) is 0 Å². The van der Waals surface area contributed by atoms with Crippen LogP contribution in [0, 0.1) is 0 Å². The van der Waals surface area contributed by atoms with Crippen LogP contribution in [-0.2, 0) is 14.3 Å². The number of rotatable bonds is 3. The molecule has 2 heterocycles. The van der Waals surface area contributed by atoms with E-state index >= 15 is 0 Å². The number of alkyl halides is 1. The van der Waals surface area contributed by atoms with Crippen molar-refractivity contribution in [3.05, 3.63) is 12.3 Å². The molecule has 2 aliphatic rings. The summed E-state index contributed by atoms with van der Waals surface area (Å²) in [6.45, 7) is -1.99. The third kappa shape index (κ3) is 2.16. The largest absolute Gasteiger partial charge is 0.394 e. The van der Waals surface area contributed by atoms with Gasteiger partial charge in [0.15, 0.2) is 17.6 Å². The maximum Gasteiger partial charge on any atom is 0.236 e. The fourth-order valence-electron chi connectivity index (χ4n) is 2.17. The zero-order valence-corrected chi connectivity index (χ0v) is 9.90. The highest BCUT2D eigenvalue weighted by molar-refractivity contribution is 6.06. The Hall–Kier alpha value is -1.35. The van der Waals surface area contributed by atoms with Crippen molar-refractivity contribution < 1.29 is 34.0 Å². The van der Waals surface area contributed by atoms with E-state index in [-0.39, 0.29) is 0 Å². The molecule has 0 aromatic rings. The van der Waals surface area contributed by atoms with E-state index in [1.54, 1.807) is 0 Å². The zero-order valence-electron chi connectivity index (χ0n) is 9.90. The number of halogens is 1. The Labute approximate surface area is 107 Å². The first kappa shape index (κ1) is 14.1. The van der Waals surface area contributed by atoms with Crippen molar-refractivity contribution >= 4 is 11.7 Å². The van der Waals surface area contributed by atoms with E-state index in [4.69, 9.17) is 9.84 Å². The normalized spacial score (nSPS) is 39.2. The summed E-state index contributed by atoms with van der Waals surface area (Å²) in [6.07, 6.45) is -2.61. The number of nitrogens with zero attached hydrogens (tertiary/aromatic N) is 1. The monoisotopic (exact) mass is 275 g/mol. The standard InChI is InChI=1S/C11H14FNO6/c12-5-11(18)9(17)7(4-14)19-10(11)13-2-1-6(15)3-8(13)16/h1-2,7,9-10,14,17-18H,3-5H2/t7-,9-,10-,11-/m1/s1. The molecule has 106 valence electrons. The fourth-order valence-corrected chi connectivity index (χ4v) is 2.17. The lowest BCUT2D eigenvalue weighted by molar-refractivity contribution is -0.164. The first-order valence-corrected chi connectivity index (χ1v) is 5.69. The minimum atomic E-state index is -2.34. The van der Waals surface area contributed by atoms with E-state index in [1.165, 1.54) is 0 Å².